The van der Waals surface area contributed by atoms with Gasteiger partial charge in [0.25, 0.3) is 0 Å². The van der Waals surface area contributed by atoms with Gasteiger partial charge in [-0.25, -0.2) is 0 Å². The standard InChI is InChI=1S/C21H26N2O2/c1-13(2)21(22)23-20(24)12-19-14(3)9-10-18(15(19)4)16-7-6-8-17(11-16)25-5/h6-11H,12,22H2,1-5H3,(H,23,24). The van der Waals surface area contributed by atoms with Gasteiger partial charge in [-0.15, -0.1) is 0 Å². The Morgan fingerprint density at radius 2 is 1.88 bits per heavy atom. The fourth-order valence-electron chi connectivity index (χ4n) is 2.75. The Morgan fingerprint density at radius 1 is 1.16 bits per heavy atom. The molecule has 0 aliphatic carbocycles. The summed E-state index contributed by atoms with van der Waals surface area (Å²) in [5.41, 5.74) is 12.1. The summed E-state index contributed by atoms with van der Waals surface area (Å²) in [7, 11) is 1.66. The molecule has 4 heteroatoms. The fraction of sp³-hybridized carbons (Fsp3) is 0.286. The van der Waals surface area contributed by atoms with Crippen molar-refractivity contribution < 1.29 is 9.53 Å². The van der Waals surface area contributed by atoms with Gasteiger partial charge in [0.1, 0.15) is 11.6 Å². The zero-order valence-corrected chi connectivity index (χ0v) is 15.6. The van der Waals surface area contributed by atoms with Gasteiger partial charge in [-0.2, -0.15) is 0 Å². The lowest BCUT2D eigenvalue weighted by Gasteiger charge is -2.15. The Hall–Kier alpha value is -2.75. The number of benzene rings is 2. The van der Waals surface area contributed by atoms with Crippen LogP contribution in [0.25, 0.3) is 11.1 Å². The van der Waals surface area contributed by atoms with Gasteiger partial charge in [0.05, 0.1) is 13.5 Å². The zero-order chi connectivity index (χ0) is 18.6. The molecule has 4 nitrogen and oxygen atoms in total. The zero-order valence-electron chi connectivity index (χ0n) is 15.6. The first kappa shape index (κ1) is 18.6. The Kier molecular flexibility index (Phi) is 5.86. The molecule has 0 aliphatic heterocycles. The second kappa shape index (κ2) is 7.88. The molecule has 0 aliphatic rings. The fourth-order valence-corrected chi connectivity index (χ4v) is 2.75. The number of carbonyl (C=O) groups is 1. The lowest BCUT2D eigenvalue weighted by Crippen LogP contribution is -2.30. The van der Waals surface area contributed by atoms with Crippen LogP contribution in [-0.4, -0.2) is 13.0 Å². The van der Waals surface area contributed by atoms with Crippen molar-refractivity contribution >= 4 is 5.91 Å². The van der Waals surface area contributed by atoms with Crippen LogP contribution in [0.15, 0.2) is 47.8 Å². The molecule has 0 heterocycles. The molecule has 0 aromatic heterocycles. The van der Waals surface area contributed by atoms with Crippen molar-refractivity contribution in [1.82, 2.24) is 5.32 Å². The van der Waals surface area contributed by atoms with Gasteiger partial charge in [0.15, 0.2) is 0 Å². The van der Waals surface area contributed by atoms with E-state index < -0.39 is 0 Å². The monoisotopic (exact) mass is 338 g/mol. The summed E-state index contributed by atoms with van der Waals surface area (Å²) in [6, 6.07) is 12.1. The highest BCUT2D eigenvalue weighted by molar-refractivity contribution is 5.82. The first-order valence-corrected chi connectivity index (χ1v) is 8.29. The molecule has 1 amide bonds. The predicted octanol–water partition coefficient (Wildman–Crippen LogP) is 3.85. The second-order valence-corrected chi connectivity index (χ2v) is 6.40. The van der Waals surface area contributed by atoms with Gasteiger partial charge in [0.2, 0.25) is 5.91 Å². The van der Waals surface area contributed by atoms with Crippen LogP contribution in [0.4, 0.5) is 0 Å². The third-order valence-electron chi connectivity index (χ3n) is 4.36. The van der Waals surface area contributed by atoms with Gasteiger partial charge in [0, 0.05) is 0 Å². The molecule has 0 saturated carbocycles. The van der Waals surface area contributed by atoms with Gasteiger partial charge in [-0.3, -0.25) is 4.79 Å². The average Bonchev–Trinajstić information content (AvgIpc) is 2.58. The Balaban J connectivity index is 2.37. The number of nitrogens with two attached hydrogens (primary N) is 1. The number of allylic oxidation sites excluding steroid dienone is 1. The highest BCUT2D eigenvalue weighted by atomic mass is 16.5. The smallest absolute Gasteiger partial charge is 0.229 e. The normalized spacial score (nSPS) is 10.3. The van der Waals surface area contributed by atoms with E-state index in [2.05, 4.69) is 24.4 Å². The SMILES string of the molecule is COc1cccc(-c2ccc(C)c(CC(=O)NC(N)=C(C)C)c2C)c1. The number of hydrogen-bond donors (Lipinski definition) is 2. The summed E-state index contributed by atoms with van der Waals surface area (Å²) >= 11 is 0. The topological polar surface area (TPSA) is 64.3 Å². The molecule has 2 aromatic carbocycles. The first-order chi connectivity index (χ1) is 11.8. The Bertz CT molecular complexity index is 819. The summed E-state index contributed by atoms with van der Waals surface area (Å²) < 4.78 is 5.32. The number of ether oxygens (including phenoxy) is 1. The van der Waals surface area contributed by atoms with E-state index in [0.29, 0.717) is 12.2 Å². The lowest BCUT2D eigenvalue weighted by molar-refractivity contribution is -0.119. The maximum absolute atomic E-state index is 12.3. The van der Waals surface area contributed by atoms with E-state index >= 15 is 0 Å². The highest BCUT2D eigenvalue weighted by Gasteiger charge is 2.13. The summed E-state index contributed by atoms with van der Waals surface area (Å²) in [6.07, 6.45) is 0.295. The minimum absolute atomic E-state index is 0.104. The number of carbonyl (C=O) groups excluding carboxylic acids is 1. The van der Waals surface area contributed by atoms with Crippen LogP contribution in [0.3, 0.4) is 0 Å². The number of methoxy groups -OCH3 is 1. The van der Waals surface area contributed by atoms with Crippen molar-refractivity contribution in [2.24, 2.45) is 5.73 Å². The third kappa shape index (κ3) is 4.41. The average molecular weight is 338 g/mol. The molecule has 2 aromatic rings. The molecule has 0 saturated heterocycles. The maximum atomic E-state index is 12.3. The molecule has 0 spiro atoms. The summed E-state index contributed by atoms with van der Waals surface area (Å²) in [5, 5.41) is 2.76. The quantitative estimate of drug-likeness (QED) is 0.870. The van der Waals surface area contributed by atoms with Crippen LogP contribution in [0.2, 0.25) is 0 Å². The van der Waals surface area contributed by atoms with E-state index in [-0.39, 0.29) is 5.91 Å². The van der Waals surface area contributed by atoms with Crippen LogP contribution >= 0.6 is 0 Å². The Morgan fingerprint density at radius 3 is 2.52 bits per heavy atom. The van der Waals surface area contributed by atoms with Crippen LogP contribution < -0.4 is 15.8 Å². The maximum Gasteiger partial charge on any atom is 0.229 e. The van der Waals surface area contributed by atoms with Crippen molar-refractivity contribution in [3.63, 3.8) is 0 Å². The van der Waals surface area contributed by atoms with E-state index in [1.165, 1.54) is 0 Å². The number of amides is 1. The molecule has 0 bridgehead atoms. The van der Waals surface area contributed by atoms with E-state index in [9.17, 15) is 4.79 Å². The minimum atomic E-state index is -0.104. The second-order valence-electron chi connectivity index (χ2n) is 6.40. The van der Waals surface area contributed by atoms with Crippen molar-refractivity contribution in [3.05, 3.63) is 64.5 Å². The molecule has 0 radical (unpaired) electrons. The van der Waals surface area contributed by atoms with Crippen molar-refractivity contribution in [2.45, 2.75) is 34.1 Å². The van der Waals surface area contributed by atoms with Gasteiger partial charge < -0.3 is 15.8 Å². The highest BCUT2D eigenvalue weighted by Crippen LogP contribution is 2.30. The molecule has 0 atom stereocenters. The third-order valence-corrected chi connectivity index (χ3v) is 4.36. The van der Waals surface area contributed by atoms with Crippen molar-refractivity contribution in [1.29, 1.82) is 0 Å². The predicted molar refractivity (Wildman–Crippen MR) is 102 cm³/mol. The number of aryl methyl sites for hydroxylation is 1. The summed E-state index contributed by atoms with van der Waals surface area (Å²) in [6.45, 7) is 7.81. The molecule has 2 rings (SSSR count). The van der Waals surface area contributed by atoms with Crippen molar-refractivity contribution in [3.8, 4) is 16.9 Å². The molecular weight excluding hydrogens is 312 g/mol. The summed E-state index contributed by atoms with van der Waals surface area (Å²) in [5.74, 6) is 1.13. The largest absolute Gasteiger partial charge is 0.497 e. The molecular formula is C21H26N2O2. The van der Waals surface area contributed by atoms with E-state index in [1.807, 2.05) is 45.0 Å². The van der Waals surface area contributed by atoms with Crippen LogP contribution in [0, 0.1) is 13.8 Å². The summed E-state index contributed by atoms with van der Waals surface area (Å²) in [4.78, 5) is 12.3. The molecule has 0 unspecified atom stereocenters. The van der Waals surface area contributed by atoms with Gasteiger partial charge >= 0.3 is 0 Å². The van der Waals surface area contributed by atoms with Gasteiger partial charge in [-0.1, -0.05) is 24.3 Å². The molecule has 25 heavy (non-hydrogen) atoms. The first-order valence-electron chi connectivity index (χ1n) is 8.29. The number of nitrogens with one attached hydrogen (secondary N) is 1. The molecule has 3 N–H and O–H groups in total. The molecule has 0 fully saturated rings. The van der Waals surface area contributed by atoms with Crippen LogP contribution in [0.1, 0.15) is 30.5 Å². The van der Waals surface area contributed by atoms with E-state index in [0.717, 1.165) is 39.1 Å². The van der Waals surface area contributed by atoms with Gasteiger partial charge in [-0.05, 0) is 73.2 Å². The van der Waals surface area contributed by atoms with Crippen LogP contribution in [0.5, 0.6) is 5.75 Å². The Labute approximate surface area is 149 Å². The van der Waals surface area contributed by atoms with E-state index in [1.54, 1.807) is 7.11 Å². The minimum Gasteiger partial charge on any atom is -0.497 e. The van der Waals surface area contributed by atoms with Crippen LogP contribution in [-0.2, 0) is 11.2 Å². The van der Waals surface area contributed by atoms with Crippen molar-refractivity contribution in [2.75, 3.05) is 7.11 Å². The number of rotatable bonds is 5. The van der Waals surface area contributed by atoms with E-state index in [4.69, 9.17) is 10.5 Å². The number of hydrogen-bond acceptors (Lipinski definition) is 3. The lowest BCUT2D eigenvalue weighted by atomic mass is 9.91. The molecule has 132 valence electrons.